The van der Waals surface area contributed by atoms with Crippen LogP contribution >= 0.6 is 0 Å². The summed E-state index contributed by atoms with van der Waals surface area (Å²) in [5.41, 5.74) is 5.91. The molecule has 1 heterocycles. The van der Waals surface area contributed by atoms with Gasteiger partial charge < -0.3 is 0 Å². The van der Waals surface area contributed by atoms with E-state index >= 15 is 0 Å². The first kappa shape index (κ1) is 13.5. The van der Waals surface area contributed by atoms with Gasteiger partial charge in [0.1, 0.15) is 0 Å². The molecule has 0 aliphatic heterocycles. The molecule has 1 aliphatic carbocycles. The molecule has 0 bridgehead atoms. The Balaban J connectivity index is 2.01. The maximum atomic E-state index is 5.87. The molecule has 106 valence electrons. The molecule has 0 spiro atoms. The summed E-state index contributed by atoms with van der Waals surface area (Å²) in [6.45, 7) is 9.30. The van der Waals surface area contributed by atoms with E-state index < -0.39 is 0 Å². The molecule has 20 heavy (non-hydrogen) atoms. The smallest absolute Gasteiger partial charge is 0.0702 e. The lowest BCUT2D eigenvalue weighted by Crippen LogP contribution is -2.31. The van der Waals surface area contributed by atoms with Crippen LogP contribution in [0.4, 0.5) is 0 Å². The summed E-state index contributed by atoms with van der Waals surface area (Å²) < 4.78 is 0. The van der Waals surface area contributed by atoms with E-state index in [-0.39, 0.29) is 6.04 Å². The summed E-state index contributed by atoms with van der Waals surface area (Å²) in [5.74, 6) is 6.40. The minimum absolute atomic E-state index is 0.185. The molecule has 1 aromatic carbocycles. The van der Waals surface area contributed by atoms with Crippen molar-refractivity contribution in [3.05, 3.63) is 42.1 Å². The van der Waals surface area contributed by atoms with Gasteiger partial charge >= 0.3 is 0 Å². The molecular weight excluding hydrogens is 246 g/mol. The molecule has 3 heteroatoms. The highest BCUT2D eigenvalue weighted by Crippen LogP contribution is 2.72. The normalized spacial score (nSPS) is 21.9. The van der Waals surface area contributed by atoms with E-state index in [1.54, 1.807) is 0 Å². The summed E-state index contributed by atoms with van der Waals surface area (Å²) >= 11 is 0. The third-order valence-corrected chi connectivity index (χ3v) is 5.63. The summed E-state index contributed by atoms with van der Waals surface area (Å²) in [5, 5.41) is 1.17. The Bertz CT molecular complexity index is 631. The van der Waals surface area contributed by atoms with Gasteiger partial charge in [-0.25, -0.2) is 0 Å². The van der Waals surface area contributed by atoms with Gasteiger partial charge in [0.2, 0.25) is 0 Å². The van der Waals surface area contributed by atoms with Gasteiger partial charge in [-0.15, -0.1) is 0 Å². The molecule has 1 unspecified atom stereocenters. The zero-order chi connectivity index (χ0) is 14.5. The number of nitrogens with one attached hydrogen (secondary N) is 1. The lowest BCUT2D eigenvalue weighted by atomic mass is 9.96. The average Bonchev–Trinajstić information content (AvgIpc) is 2.82. The molecule has 0 saturated heterocycles. The topological polar surface area (TPSA) is 50.9 Å². The summed E-state index contributed by atoms with van der Waals surface area (Å²) in [7, 11) is 0. The summed E-state index contributed by atoms with van der Waals surface area (Å²) in [6.07, 6.45) is 1.83. The van der Waals surface area contributed by atoms with Crippen LogP contribution in [0.1, 0.15) is 39.3 Å². The number of aromatic nitrogens is 1. The third kappa shape index (κ3) is 1.77. The van der Waals surface area contributed by atoms with Gasteiger partial charge in [-0.2, -0.15) is 0 Å². The number of fused-ring (bicyclic) bond motifs is 1. The fourth-order valence-corrected chi connectivity index (χ4v) is 3.75. The zero-order valence-electron chi connectivity index (χ0n) is 12.6. The number of hydrogen-bond acceptors (Lipinski definition) is 3. The first-order valence-corrected chi connectivity index (χ1v) is 7.20. The molecule has 1 aromatic heterocycles. The van der Waals surface area contributed by atoms with Gasteiger partial charge in [0, 0.05) is 17.6 Å². The van der Waals surface area contributed by atoms with Gasteiger partial charge in [-0.3, -0.25) is 16.3 Å². The predicted molar refractivity (Wildman–Crippen MR) is 82.9 cm³/mol. The minimum atomic E-state index is 0.185. The largest absolute Gasteiger partial charge is 0.271 e. The highest BCUT2D eigenvalue weighted by atomic mass is 15.2. The Morgan fingerprint density at radius 3 is 2.45 bits per heavy atom. The van der Waals surface area contributed by atoms with Gasteiger partial charge in [0.15, 0.2) is 0 Å². The second-order valence-corrected chi connectivity index (χ2v) is 7.02. The first-order chi connectivity index (χ1) is 9.39. The van der Waals surface area contributed by atoms with Crippen LogP contribution in [0.3, 0.4) is 0 Å². The van der Waals surface area contributed by atoms with Crippen molar-refractivity contribution in [1.29, 1.82) is 0 Å². The van der Waals surface area contributed by atoms with Crippen LogP contribution in [0.25, 0.3) is 10.9 Å². The average molecular weight is 269 g/mol. The van der Waals surface area contributed by atoms with Crippen LogP contribution < -0.4 is 11.3 Å². The third-order valence-electron chi connectivity index (χ3n) is 5.63. The van der Waals surface area contributed by atoms with Crippen molar-refractivity contribution in [2.24, 2.45) is 22.6 Å². The van der Waals surface area contributed by atoms with E-state index in [4.69, 9.17) is 5.84 Å². The van der Waals surface area contributed by atoms with E-state index in [0.717, 1.165) is 5.52 Å². The molecule has 3 rings (SSSR count). The Kier molecular flexibility index (Phi) is 2.89. The molecule has 2 aromatic rings. The molecule has 1 atom stereocenters. The van der Waals surface area contributed by atoms with Crippen molar-refractivity contribution >= 4 is 10.9 Å². The van der Waals surface area contributed by atoms with E-state index in [9.17, 15) is 0 Å². The quantitative estimate of drug-likeness (QED) is 0.663. The Labute approximate surface area is 120 Å². The Hall–Kier alpha value is -1.45. The number of nitrogens with two attached hydrogens (primary N) is 1. The number of rotatable bonds is 3. The summed E-state index contributed by atoms with van der Waals surface area (Å²) in [6, 6.07) is 10.7. The van der Waals surface area contributed by atoms with Crippen LogP contribution in [-0.2, 0) is 0 Å². The van der Waals surface area contributed by atoms with Crippen molar-refractivity contribution in [1.82, 2.24) is 10.4 Å². The van der Waals surface area contributed by atoms with Gasteiger partial charge in [-0.1, -0.05) is 39.8 Å². The molecular formula is C17H23N3. The van der Waals surface area contributed by atoms with Gasteiger partial charge in [-0.05, 0) is 40.5 Å². The highest BCUT2D eigenvalue weighted by molar-refractivity contribution is 5.79. The van der Waals surface area contributed by atoms with Crippen LogP contribution in [0, 0.1) is 16.7 Å². The van der Waals surface area contributed by atoms with E-state index in [0.29, 0.717) is 16.7 Å². The summed E-state index contributed by atoms with van der Waals surface area (Å²) in [4.78, 5) is 4.37. The number of pyridine rings is 1. The lowest BCUT2D eigenvalue weighted by Gasteiger charge is -2.19. The monoisotopic (exact) mass is 269 g/mol. The van der Waals surface area contributed by atoms with Crippen LogP contribution in [0.15, 0.2) is 36.5 Å². The molecule has 0 radical (unpaired) electrons. The molecule has 0 amide bonds. The van der Waals surface area contributed by atoms with Gasteiger partial charge in [0.05, 0.1) is 5.52 Å². The Morgan fingerprint density at radius 1 is 1.15 bits per heavy atom. The van der Waals surface area contributed by atoms with Crippen molar-refractivity contribution in [2.45, 2.75) is 33.7 Å². The fourth-order valence-electron chi connectivity index (χ4n) is 3.75. The van der Waals surface area contributed by atoms with E-state index in [2.05, 4.69) is 62.4 Å². The van der Waals surface area contributed by atoms with E-state index in [1.165, 1.54) is 10.9 Å². The van der Waals surface area contributed by atoms with Crippen LogP contribution in [0.2, 0.25) is 0 Å². The Morgan fingerprint density at radius 2 is 1.85 bits per heavy atom. The maximum Gasteiger partial charge on any atom is 0.0702 e. The van der Waals surface area contributed by atoms with Crippen LogP contribution in [0.5, 0.6) is 0 Å². The molecule has 1 saturated carbocycles. The second kappa shape index (κ2) is 4.27. The second-order valence-electron chi connectivity index (χ2n) is 7.02. The number of hydrazine groups is 1. The van der Waals surface area contributed by atoms with Gasteiger partial charge in [0.25, 0.3) is 0 Å². The van der Waals surface area contributed by atoms with Crippen molar-refractivity contribution < 1.29 is 0 Å². The molecule has 3 N–H and O–H groups in total. The highest BCUT2D eigenvalue weighted by Gasteiger charge is 2.67. The van der Waals surface area contributed by atoms with E-state index in [1.807, 2.05) is 12.3 Å². The maximum absolute atomic E-state index is 5.87. The van der Waals surface area contributed by atoms with Crippen molar-refractivity contribution in [3.63, 3.8) is 0 Å². The predicted octanol–water partition coefficient (Wildman–Crippen LogP) is 3.42. The number of benzene rings is 1. The van der Waals surface area contributed by atoms with Crippen molar-refractivity contribution in [2.75, 3.05) is 0 Å². The first-order valence-electron chi connectivity index (χ1n) is 7.20. The standard InChI is InChI=1S/C17H23N3/c1-16(2)15(17(16,3)4)14(20-18)12-7-8-13-11(10-12)6-5-9-19-13/h5-10,14-15,20H,18H2,1-4H3. The lowest BCUT2D eigenvalue weighted by molar-refractivity contribution is 0.418. The molecule has 1 fully saturated rings. The molecule has 3 nitrogen and oxygen atoms in total. The minimum Gasteiger partial charge on any atom is -0.271 e. The SMILES string of the molecule is CC1(C)C(C(NN)c2ccc3ncccc3c2)C1(C)C. The number of hydrogen-bond donors (Lipinski definition) is 2. The zero-order valence-corrected chi connectivity index (χ0v) is 12.6. The number of nitrogens with zero attached hydrogens (tertiary/aromatic N) is 1. The molecule has 1 aliphatic rings. The van der Waals surface area contributed by atoms with Crippen LogP contribution in [-0.4, -0.2) is 4.98 Å². The fraction of sp³-hybridized carbons (Fsp3) is 0.471. The van der Waals surface area contributed by atoms with Crippen molar-refractivity contribution in [3.8, 4) is 0 Å².